The molecule has 0 saturated carbocycles. The average molecular weight is 474 g/mol. The van der Waals surface area contributed by atoms with E-state index in [9.17, 15) is 4.79 Å². The van der Waals surface area contributed by atoms with E-state index in [1.54, 1.807) is 18.1 Å². The highest BCUT2D eigenvalue weighted by molar-refractivity contribution is 7.98. The summed E-state index contributed by atoms with van der Waals surface area (Å²) in [5, 5.41) is 8.62. The van der Waals surface area contributed by atoms with Crippen LogP contribution in [-0.4, -0.2) is 69.5 Å². The summed E-state index contributed by atoms with van der Waals surface area (Å²) in [4.78, 5) is 27.5. The largest absolute Gasteiger partial charge is 0.353 e. The zero-order valence-corrected chi connectivity index (χ0v) is 20.1. The molecule has 3 heterocycles. The van der Waals surface area contributed by atoms with Gasteiger partial charge >= 0.3 is 0 Å². The minimum atomic E-state index is -0.270. The first-order valence-corrected chi connectivity index (χ1v) is 12.5. The quantitative estimate of drug-likeness (QED) is 0.431. The maximum atomic E-state index is 13.1. The number of para-hydroxylation sites is 1. The van der Waals surface area contributed by atoms with Crippen LogP contribution in [0.2, 0.25) is 0 Å². The van der Waals surface area contributed by atoms with Crippen molar-refractivity contribution in [3.63, 3.8) is 0 Å². The van der Waals surface area contributed by atoms with E-state index in [0.717, 1.165) is 35.5 Å². The molecule has 9 heteroatoms. The van der Waals surface area contributed by atoms with Gasteiger partial charge in [0.05, 0.1) is 11.1 Å². The van der Waals surface area contributed by atoms with E-state index >= 15 is 0 Å². The third-order valence-corrected chi connectivity index (χ3v) is 6.94. The summed E-state index contributed by atoms with van der Waals surface area (Å²) in [6, 6.07) is 18.0. The molecule has 0 aliphatic carbocycles. The van der Waals surface area contributed by atoms with E-state index in [2.05, 4.69) is 60.7 Å². The molecule has 0 spiro atoms. The molecule has 174 valence electrons. The summed E-state index contributed by atoms with van der Waals surface area (Å²) in [5.74, 6) is 0.831. The SMILES string of the molecule is CSc1ccc(CNC(=O)C2CN(c3ncnc4nn(-c5ccccc5)cc34)CCN2C)cc1. The Morgan fingerprint density at radius 3 is 2.65 bits per heavy atom. The maximum absolute atomic E-state index is 13.1. The van der Waals surface area contributed by atoms with Crippen LogP contribution in [0.25, 0.3) is 16.7 Å². The lowest BCUT2D eigenvalue weighted by Crippen LogP contribution is -2.57. The minimum Gasteiger partial charge on any atom is -0.353 e. The van der Waals surface area contributed by atoms with Crippen LogP contribution in [0.5, 0.6) is 0 Å². The van der Waals surface area contributed by atoms with Crippen molar-refractivity contribution in [3.05, 3.63) is 72.7 Å². The number of likely N-dealkylation sites (N-methyl/N-ethyl adjacent to an activating group) is 1. The number of carbonyl (C=O) groups is 1. The number of fused-ring (bicyclic) bond motifs is 1. The van der Waals surface area contributed by atoms with Crippen LogP contribution in [-0.2, 0) is 11.3 Å². The van der Waals surface area contributed by atoms with Gasteiger partial charge in [0.2, 0.25) is 5.91 Å². The van der Waals surface area contributed by atoms with Gasteiger partial charge in [-0.3, -0.25) is 9.69 Å². The summed E-state index contributed by atoms with van der Waals surface area (Å²) < 4.78 is 1.82. The normalized spacial score (nSPS) is 16.6. The Balaban J connectivity index is 1.32. The molecule has 0 bridgehead atoms. The standard InChI is InChI=1S/C25H27N7OS/c1-30-12-13-31(16-22(30)25(33)26-14-18-8-10-20(34-2)11-9-18)24-21-15-32(19-6-4-3-5-7-19)29-23(21)27-17-28-24/h3-11,15,17,22H,12-14,16H2,1-2H3,(H,26,33). The van der Waals surface area contributed by atoms with Crippen LogP contribution in [0.15, 0.2) is 72.0 Å². The fourth-order valence-corrected chi connectivity index (χ4v) is 4.60. The maximum Gasteiger partial charge on any atom is 0.239 e. The number of nitrogens with zero attached hydrogens (tertiary/aromatic N) is 6. The van der Waals surface area contributed by atoms with Gasteiger partial charge in [-0.2, -0.15) is 0 Å². The highest BCUT2D eigenvalue weighted by atomic mass is 32.2. The molecule has 1 fully saturated rings. The van der Waals surface area contributed by atoms with Crippen molar-refractivity contribution >= 4 is 34.5 Å². The van der Waals surface area contributed by atoms with E-state index in [1.807, 2.05) is 48.3 Å². The van der Waals surface area contributed by atoms with Gasteiger partial charge in [0.15, 0.2) is 5.65 Å². The number of hydrogen-bond acceptors (Lipinski definition) is 7. The monoisotopic (exact) mass is 473 g/mol. The summed E-state index contributed by atoms with van der Waals surface area (Å²) in [6.45, 7) is 2.60. The fourth-order valence-electron chi connectivity index (χ4n) is 4.19. The first kappa shape index (κ1) is 22.4. The Morgan fingerprint density at radius 1 is 1.09 bits per heavy atom. The molecule has 1 aliphatic rings. The van der Waals surface area contributed by atoms with Gasteiger partial charge in [0.25, 0.3) is 0 Å². The molecule has 1 unspecified atom stereocenters. The van der Waals surface area contributed by atoms with Crippen LogP contribution in [0.1, 0.15) is 5.56 Å². The molecule has 0 radical (unpaired) electrons. The second kappa shape index (κ2) is 9.82. The molecule has 5 rings (SSSR count). The van der Waals surface area contributed by atoms with E-state index < -0.39 is 0 Å². The topological polar surface area (TPSA) is 79.2 Å². The third-order valence-electron chi connectivity index (χ3n) is 6.19. The van der Waals surface area contributed by atoms with Crippen molar-refractivity contribution in [2.45, 2.75) is 17.5 Å². The van der Waals surface area contributed by atoms with Crippen molar-refractivity contribution < 1.29 is 4.79 Å². The number of aromatic nitrogens is 4. The van der Waals surface area contributed by atoms with Crippen molar-refractivity contribution in [2.75, 3.05) is 37.8 Å². The molecule has 4 aromatic rings. The van der Waals surface area contributed by atoms with Gasteiger partial charge in [-0.05, 0) is 43.1 Å². The summed E-state index contributed by atoms with van der Waals surface area (Å²) >= 11 is 1.71. The number of nitrogens with one attached hydrogen (secondary N) is 1. The third kappa shape index (κ3) is 4.62. The Labute approximate surface area is 203 Å². The Bertz CT molecular complexity index is 1280. The number of benzene rings is 2. The number of piperazine rings is 1. The van der Waals surface area contributed by atoms with Crippen molar-refractivity contribution in [3.8, 4) is 5.69 Å². The predicted molar refractivity (Wildman–Crippen MR) is 135 cm³/mol. The molecular formula is C25H27N7OS. The molecule has 1 amide bonds. The average Bonchev–Trinajstić information content (AvgIpc) is 3.33. The number of anilines is 1. The fraction of sp³-hybridized carbons (Fsp3) is 0.280. The number of rotatable bonds is 6. The highest BCUT2D eigenvalue weighted by Crippen LogP contribution is 2.25. The molecule has 34 heavy (non-hydrogen) atoms. The lowest BCUT2D eigenvalue weighted by Gasteiger charge is -2.39. The Kier molecular flexibility index (Phi) is 6.46. The van der Waals surface area contributed by atoms with E-state index in [1.165, 1.54) is 4.90 Å². The lowest BCUT2D eigenvalue weighted by molar-refractivity contribution is -0.126. The van der Waals surface area contributed by atoms with Gasteiger partial charge in [0.1, 0.15) is 18.2 Å². The predicted octanol–water partition coefficient (Wildman–Crippen LogP) is 2.97. The Hall–Kier alpha value is -3.43. The van der Waals surface area contributed by atoms with Crippen LogP contribution in [0, 0.1) is 0 Å². The first-order chi connectivity index (χ1) is 16.6. The number of amides is 1. The van der Waals surface area contributed by atoms with Crippen molar-refractivity contribution in [1.82, 2.24) is 30.0 Å². The number of thioether (sulfide) groups is 1. The molecule has 2 aromatic heterocycles. The van der Waals surface area contributed by atoms with Gasteiger partial charge in [0, 0.05) is 37.3 Å². The number of hydrogen-bond donors (Lipinski definition) is 1. The van der Waals surface area contributed by atoms with Gasteiger partial charge in [-0.25, -0.2) is 14.6 Å². The first-order valence-electron chi connectivity index (χ1n) is 11.2. The summed E-state index contributed by atoms with van der Waals surface area (Å²) in [7, 11) is 2.00. The molecule has 8 nitrogen and oxygen atoms in total. The van der Waals surface area contributed by atoms with Crippen molar-refractivity contribution in [1.29, 1.82) is 0 Å². The second-order valence-electron chi connectivity index (χ2n) is 8.35. The van der Waals surface area contributed by atoms with E-state index in [-0.39, 0.29) is 11.9 Å². The second-order valence-corrected chi connectivity index (χ2v) is 9.23. The van der Waals surface area contributed by atoms with Crippen LogP contribution >= 0.6 is 11.8 Å². The zero-order valence-electron chi connectivity index (χ0n) is 19.3. The van der Waals surface area contributed by atoms with Crippen LogP contribution in [0.4, 0.5) is 5.82 Å². The number of carbonyl (C=O) groups excluding carboxylic acids is 1. The molecule has 2 aromatic carbocycles. The highest BCUT2D eigenvalue weighted by Gasteiger charge is 2.31. The molecule has 1 saturated heterocycles. The Morgan fingerprint density at radius 2 is 1.88 bits per heavy atom. The van der Waals surface area contributed by atoms with Crippen molar-refractivity contribution in [2.24, 2.45) is 0 Å². The van der Waals surface area contributed by atoms with E-state index in [4.69, 9.17) is 0 Å². The van der Waals surface area contributed by atoms with Gasteiger partial charge < -0.3 is 10.2 Å². The van der Waals surface area contributed by atoms with Gasteiger partial charge in [-0.15, -0.1) is 16.9 Å². The van der Waals surface area contributed by atoms with Crippen LogP contribution in [0.3, 0.4) is 0 Å². The molecule has 1 atom stereocenters. The minimum absolute atomic E-state index is 0.0198. The summed E-state index contributed by atoms with van der Waals surface area (Å²) in [5.41, 5.74) is 2.70. The smallest absolute Gasteiger partial charge is 0.239 e. The molecule has 1 aliphatic heterocycles. The van der Waals surface area contributed by atoms with Gasteiger partial charge in [-0.1, -0.05) is 30.3 Å². The van der Waals surface area contributed by atoms with E-state index in [0.29, 0.717) is 18.7 Å². The summed E-state index contributed by atoms with van der Waals surface area (Å²) in [6.07, 6.45) is 5.57. The molecule has 1 N–H and O–H groups in total. The molecular weight excluding hydrogens is 446 g/mol. The zero-order chi connectivity index (χ0) is 23.5. The lowest BCUT2D eigenvalue weighted by atomic mass is 10.1. The van der Waals surface area contributed by atoms with Crippen LogP contribution < -0.4 is 10.2 Å².